The van der Waals surface area contributed by atoms with Gasteiger partial charge in [0.25, 0.3) is 0 Å². The number of nitrogens with one attached hydrogen (secondary N) is 2. The molecule has 0 saturated heterocycles. The first-order valence-electron chi connectivity index (χ1n) is 9.55. The smallest absolute Gasteiger partial charge is 0.191 e. The first kappa shape index (κ1) is 20.6. The second-order valence-corrected chi connectivity index (χ2v) is 6.26. The molecule has 0 fully saturated rings. The van der Waals surface area contributed by atoms with Gasteiger partial charge in [-0.15, -0.1) is 0 Å². The third-order valence-corrected chi connectivity index (χ3v) is 4.27. The average Bonchev–Trinajstić information content (AvgIpc) is 2.71. The highest BCUT2D eigenvalue weighted by Gasteiger charge is 2.11. The van der Waals surface area contributed by atoms with Crippen molar-refractivity contribution in [3.8, 4) is 11.5 Å². The number of methoxy groups -OCH3 is 1. The summed E-state index contributed by atoms with van der Waals surface area (Å²) in [6.07, 6.45) is 0. The number of rotatable bonds is 9. The zero-order chi connectivity index (χ0) is 19.5. The van der Waals surface area contributed by atoms with E-state index in [1.165, 1.54) is 5.56 Å². The van der Waals surface area contributed by atoms with Crippen molar-refractivity contribution in [3.05, 3.63) is 59.7 Å². The summed E-state index contributed by atoms with van der Waals surface area (Å²) < 4.78 is 11.2. The lowest BCUT2D eigenvalue weighted by Gasteiger charge is -2.18. The van der Waals surface area contributed by atoms with E-state index in [9.17, 15) is 0 Å². The molecule has 0 aromatic heterocycles. The molecule has 0 aliphatic rings. The van der Waals surface area contributed by atoms with Crippen molar-refractivity contribution in [1.82, 2.24) is 10.6 Å². The molecule has 0 heterocycles. The predicted octanol–water partition coefficient (Wildman–Crippen LogP) is 3.95. The highest BCUT2D eigenvalue weighted by Crippen LogP contribution is 2.25. The van der Waals surface area contributed by atoms with E-state index in [2.05, 4.69) is 36.6 Å². The summed E-state index contributed by atoms with van der Waals surface area (Å²) in [5.41, 5.74) is 2.26. The zero-order valence-corrected chi connectivity index (χ0v) is 16.8. The fourth-order valence-corrected chi connectivity index (χ4v) is 2.87. The Balaban J connectivity index is 2.03. The number of nitrogens with zero attached hydrogens (tertiary/aromatic N) is 1. The van der Waals surface area contributed by atoms with Gasteiger partial charge in [0.15, 0.2) is 5.96 Å². The van der Waals surface area contributed by atoms with Crippen molar-refractivity contribution in [2.75, 3.05) is 26.8 Å². The van der Waals surface area contributed by atoms with Gasteiger partial charge in [-0.3, -0.25) is 0 Å². The molecule has 5 nitrogen and oxygen atoms in total. The topological polar surface area (TPSA) is 54.9 Å². The molecule has 0 spiro atoms. The Morgan fingerprint density at radius 3 is 2.41 bits per heavy atom. The number of para-hydroxylation sites is 2. The van der Waals surface area contributed by atoms with Crippen molar-refractivity contribution in [2.45, 2.75) is 33.2 Å². The van der Waals surface area contributed by atoms with Gasteiger partial charge in [-0.2, -0.15) is 0 Å². The molecule has 2 aromatic carbocycles. The molecule has 0 bridgehead atoms. The molecule has 0 radical (unpaired) electrons. The SMILES string of the molecule is CCNC(=NCc1ccccc1OCC)NCC(C)c1ccccc1OC. The monoisotopic (exact) mass is 369 g/mol. The van der Waals surface area contributed by atoms with Crippen LogP contribution in [0.4, 0.5) is 0 Å². The van der Waals surface area contributed by atoms with Crippen molar-refractivity contribution < 1.29 is 9.47 Å². The van der Waals surface area contributed by atoms with Gasteiger partial charge in [0.2, 0.25) is 0 Å². The molecule has 0 aliphatic carbocycles. The van der Waals surface area contributed by atoms with E-state index < -0.39 is 0 Å². The maximum atomic E-state index is 5.69. The summed E-state index contributed by atoms with van der Waals surface area (Å²) in [6, 6.07) is 16.2. The van der Waals surface area contributed by atoms with Crippen LogP contribution in [0, 0.1) is 0 Å². The van der Waals surface area contributed by atoms with Gasteiger partial charge in [-0.25, -0.2) is 4.99 Å². The fourth-order valence-electron chi connectivity index (χ4n) is 2.87. The normalized spacial score (nSPS) is 12.4. The number of ether oxygens (including phenoxy) is 2. The van der Waals surface area contributed by atoms with E-state index in [1.807, 2.05) is 43.3 Å². The number of hydrogen-bond acceptors (Lipinski definition) is 3. The maximum Gasteiger partial charge on any atom is 0.191 e. The summed E-state index contributed by atoms with van der Waals surface area (Å²) in [6.45, 7) is 9.02. The third kappa shape index (κ3) is 6.20. The summed E-state index contributed by atoms with van der Waals surface area (Å²) in [5, 5.41) is 6.74. The molecule has 2 rings (SSSR count). The molecule has 5 heteroatoms. The molecule has 1 unspecified atom stereocenters. The fraction of sp³-hybridized carbons (Fsp3) is 0.409. The van der Waals surface area contributed by atoms with E-state index in [4.69, 9.17) is 14.5 Å². The summed E-state index contributed by atoms with van der Waals surface area (Å²) in [4.78, 5) is 4.72. The lowest BCUT2D eigenvalue weighted by molar-refractivity contribution is 0.336. The van der Waals surface area contributed by atoms with Gasteiger partial charge in [0.1, 0.15) is 11.5 Å². The van der Waals surface area contributed by atoms with Crippen molar-refractivity contribution in [2.24, 2.45) is 4.99 Å². The molecule has 0 saturated carbocycles. The Morgan fingerprint density at radius 1 is 1.00 bits per heavy atom. The number of benzene rings is 2. The Morgan fingerprint density at radius 2 is 1.70 bits per heavy atom. The third-order valence-electron chi connectivity index (χ3n) is 4.27. The van der Waals surface area contributed by atoms with Gasteiger partial charge in [0, 0.05) is 24.6 Å². The first-order valence-corrected chi connectivity index (χ1v) is 9.55. The molecule has 146 valence electrons. The molecule has 0 amide bonds. The van der Waals surface area contributed by atoms with E-state index in [1.54, 1.807) is 7.11 Å². The molecular weight excluding hydrogens is 338 g/mol. The van der Waals surface area contributed by atoms with Crippen molar-refractivity contribution in [1.29, 1.82) is 0 Å². The highest BCUT2D eigenvalue weighted by molar-refractivity contribution is 5.79. The second-order valence-electron chi connectivity index (χ2n) is 6.26. The Kier molecular flexibility index (Phi) is 8.49. The molecule has 2 aromatic rings. The van der Waals surface area contributed by atoms with Crippen LogP contribution < -0.4 is 20.1 Å². The molecular formula is C22H31N3O2. The van der Waals surface area contributed by atoms with Gasteiger partial charge in [-0.1, -0.05) is 43.3 Å². The predicted molar refractivity (Wildman–Crippen MR) is 112 cm³/mol. The van der Waals surface area contributed by atoms with Crippen LogP contribution in [0.5, 0.6) is 11.5 Å². The minimum absolute atomic E-state index is 0.292. The quantitative estimate of drug-likeness (QED) is 0.519. The van der Waals surface area contributed by atoms with Crippen LogP contribution in [0.3, 0.4) is 0 Å². The minimum Gasteiger partial charge on any atom is -0.496 e. The number of guanidine groups is 1. The molecule has 1 atom stereocenters. The van der Waals surface area contributed by atoms with Gasteiger partial charge >= 0.3 is 0 Å². The number of hydrogen-bond donors (Lipinski definition) is 2. The van der Waals surface area contributed by atoms with Gasteiger partial charge < -0.3 is 20.1 Å². The summed E-state index contributed by atoms with van der Waals surface area (Å²) in [7, 11) is 1.71. The average molecular weight is 370 g/mol. The standard InChI is InChI=1S/C22H31N3O2/c1-5-23-22(25-16-18-11-7-9-13-20(18)27-6-2)24-15-17(3)19-12-8-10-14-21(19)26-4/h7-14,17H,5-6,15-16H2,1-4H3,(H2,23,24,25). The van der Waals surface area contributed by atoms with E-state index in [0.717, 1.165) is 36.1 Å². The lowest BCUT2D eigenvalue weighted by atomic mass is 10.0. The Bertz CT molecular complexity index is 731. The Hall–Kier alpha value is -2.69. The largest absolute Gasteiger partial charge is 0.496 e. The maximum absolute atomic E-state index is 5.69. The van der Waals surface area contributed by atoms with Gasteiger partial charge in [-0.05, 0) is 31.5 Å². The summed E-state index contributed by atoms with van der Waals surface area (Å²) in [5.74, 6) is 2.90. The Labute approximate surface area is 162 Å². The highest BCUT2D eigenvalue weighted by atomic mass is 16.5. The van der Waals surface area contributed by atoms with Gasteiger partial charge in [0.05, 0.1) is 20.3 Å². The van der Waals surface area contributed by atoms with Crippen LogP contribution in [0.2, 0.25) is 0 Å². The summed E-state index contributed by atoms with van der Waals surface area (Å²) >= 11 is 0. The van der Waals surface area contributed by atoms with Crippen molar-refractivity contribution >= 4 is 5.96 Å². The van der Waals surface area contributed by atoms with E-state index >= 15 is 0 Å². The van der Waals surface area contributed by atoms with Crippen molar-refractivity contribution in [3.63, 3.8) is 0 Å². The second kappa shape index (κ2) is 11.1. The van der Waals surface area contributed by atoms with Crippen LogP contribution in [-0.4, -0.2) is 32.8 Å². The number of aliphatic imine (C=N–C) groups is 1. The van der Waals surface area contributed by atoms with Crippen LogP contribution >= 0.6 is 0 Å². The van der Waals surface area contributed by atoms with E-state index in [-0.39, 0.29) is 0 Å². The van der Waals surface area contributed by atoms with E-state index in [0.29, 0.717) is 19.1 Å². The molecule has 27 heavy (non-hydrogen) atoms. The first-order chi connectivity index (χ1) is 13.2. The van der Waals surface area contributed by atoms with Crippen LogP contribution in [-0.2, 0) is 6.54 Å². The zero-order valence-electron chi connectivity index (χ0n) is 16.8. The lowest BCUT2D eigenvalue weighted by Crippen LogP contribution is -2.39. The molecule has 0 aliphatic heterocycles. The van der Waals surface area contributed by atoms with Crippen LogP contribution in [0.25, 0.3) is 0 Å². The molecule has 2 N–H and O–H groups in total. The van der Waals surface area contributed by atoms with Crippen LogP contribution in [0.1, 0.15) is 37.8 Å². The van der Waals surface area contributed by atoms with Crippen LogP contribution in [0.15, 0.2) is 53.5 Å². The minimum atomic E-state index is 0.292.